The first-order valence-electron chi connectivity index (χ1n) is 11.5. The molecule has 35 heavy (non-hydrogen) atoms. The van der Waals surface area contributed by atoms with E-state index in [-0.39, 0.29) is 13.1 Å². The van der Waals surface area contributed by atoms with Crippen LogP contribution in [0.1, 0.15) is 44.6 Å². The lowest BCUT2D eigenvalue weighted by atomic mass is 9.87. The van der Waals surface area contributed by atoms with Crippen molar-refractivity contribution < 1.29 is 35.9 Å². The molecule has 2 saturated heterocycles. The molecular weight excluding hydrogens is 500 g/mol. The molecule has 198 valence electrons. The lowest BCUT2D eigenvalue weighted by Gasteiger charge is -2.45. The van der Waals surface area contributed by atoms with E-state index in [0.29, 0.717) is 24.4 Å². The van der Waals surface area contributed by atoms with E-state index in [4.69, 9.17) is 11.6 Å². The molecule has 5 nitrogen and oxygen atoms in total. The van der Waals surface area contributed by atoms with Crippen molar-refractivity contribution >= 4 is 23.4 Å². The van der Waals surface area contributed by atoms with Gasteiger partial charge in [-0.15, -0.1) is 0 Å². The number of amides is 1. The Morgan fingerprint density at radius 2 is 1.63 bits per heavy atom. The molecule has 2 aliphatic rings. The first kappa shape index (κ1) is 27.7. The summed E-state index contributed by atoms with van der Waals surface area (Å²) in [4.78, 5) is 17.4. The molecule has 1 aromatic rings. The molecule has 0 unspecified atom stereocenters. The van der Waals surface area contributed by atoms with Gasteiger partial charge in [-0.25, -0.2) is 4.79 Å². The fraction of sp³-hybridized carbons (Fsp3) is 0.696. The molecule has 12 heteroatoms. The predicted octanol–water partition coefficient (Wildman–Crippen LogP) is 6.25. The van der Waals surface area contributed by atoms with Crippen molar-refractivity contribution in [2.75, 3.05) is 38.1 Å². The Morgan fingerprint density at radius 3 is 2.17 bits per heavy atom. The van der Waals surface area contributed by atoms with Gasteiger partial charge in [-0.3, -0.25) is 4.90 Å². The summed E-state index contributed by atoms with van der Waals surface area (Å²) in [6.45, 7) is 4.42. The largest absolute Gasteiger partial charge is 0.434 e. The van der Waals surface area contributed by atoms with E-state index in [2.05, 4.69) is 14.5 Å². The van der Waals surface area contributed by atoms with E-state index >= 15 is 0 Å². The van der Waals surface area contributed by atoms with Crippen molar-refractivity contribution in [3.05, 3.63) is 28.8 Å². The maximum atomic E-state index is 12.7. The van der Waals surface area contributed by atoms with E-state index < -0.39 is 30.1 Å². The number of ether oxygens (including phenoxy) is 1. The summed E-state index contributed by atoms with van der Waals surface area (Å²) < 4.78 is 80.3. The van der Waals surface area contributed by atoms with Crippen LogP contribution in [0.2, 0.25) is 5.02 Å². The SMILES string of the molecule is CN(Cc1ccc(Cl)cc1N1CCCCC1)C1(C)CCN(C(=O)OC(C(F)(F)F)C(F)(F)F)CC1. The molecule has 0 bridgehead atoms. The Kier molecular flexibility index (Phi) is 8.41. The smallest absolute Gasteiger partial charge is 0.426 e. The van der Waals surface area contributed by atoms with Crippen LogP contribution in [0.3, 0.4) is 0 Å². The van der Waals surface area contributed by atoms with Gasteiger partial charge in [-0.05, 0) is 63.8 Å². The molecule has 1 aromatic carbocycles. The number of hydrogen-bond acceptors (Lipinski definition) is 4. The normalized spacial score (nSPS) is 19.4. The molecule has 0 aromatic heterocycles. The third-order valence-corrected chi connectivity index (χ3v) is 7.22. The van der Waals surface area contributed by atoms with Crippen LogP contribution in [0.5, 0.6) is 0 Å². The number of rotatable bonds is 5. The summed E-state index contributed by atoms with van der Waals surface area (Å²) in [6, 6.07) is 5.76. The summed E-state index contributed by atoms with van der Waals surface area (Å²) in [7, 11) is 1.92. The maximum Gasteiger partial charge on any atom is 0.434 e. The Bertz CT molecular complexity index is 867. The van der Waals surface area contributed by atoms with Crippen molar-refractivity contribution in [3.63, 3.8) is 0 Å². The predicted molar refractivity (Wildman–Crippen MR) is 121 cm³/mol. The molecule has 3 rings (SSSR count). The number of benzene rings is 1. The molecule has 0 saturated carbocycles. The number of nitrogens with zero attached hydrogens (tertiary/aromatic N) is 3. The van der Waals surface area contributed by atoms with Crippen LogP contribution in [0.25, 0.3) is 0 Å². The topological polar surface area (TPSA) is 36.0 Å². The molecule has 0 spiro atoms. The van der Waals surface area contributed by atoms with Crippen LogP contribution in [0, 0.1) is 0 Å². The second-order valence-electron chi connectivity index (χ2n) is 9.51. The molecule has 2 heterocycles. The van der Waals surface area contributed by atoms with Gasteiger partial charge in [0.25, 0.3) is 6.10 Å². The van der Waals surface area contributed by atoms with Crippen LogP contribution in [0.4, 0.5) is 36.8 Å². The van der Waals surface area contributed by atoms with Gasteiger partial charge < -0.3 is 14.5 Å². The number of carbonyl (C=O) groups excluding carboxylic acids is 1. The Morgan fingerprint density at radius 1 is 1.06 bits per heavy atom. The van der Waals surface area contributed by atoms with Crippen LogP contribution in [-0.4, -0.2) is 73.1 Å². The van der Waals surface area contributed by atoms with Gasteiger partial charge in [-0.1, -0.05) is 17.7 Å². The van der Waals surface area contributed by atoms with Crippen molar-refractivity contribution in [1.82, 2.24) is 9.80 Å². The fourth-order valence-corrected chi connectivity index (χ4v) is 4.76. The zero-order valence-electron chi connectivity index (χ0n) is 19.7. The van der Waals surface area contributed by atoms with Gasteiger partial charge in [0.1, 0.15) is 0 Å². The summed E-state index contributed by atoms with van der Waals surface area (Å²) in [6.07, 6.45) is -13.1. The van der Waals surface area contributed by atoms with E-state index in [9.17, 15) is 31.1 Å². The molecule has 0 atom stereocenters. The molecule has 0 N–H and O–H groups in total. The van der Waals surface area contributed by atoms with Gasteiger partial charge in [0.15, 0.2) is 0 Å². The summed E-state index contributed by atoms with van der Waals surface area (Å²) in [5.74, 6) is 0. The quantitative estimate of drug-likeness (QED) is 0.423. The zero-order valence-corrected chi connectivity index (χ0v) is 20.4. The zero-order chi connectivity index (χ0) is 26.0. The van der Waals surface area contributed by atoms with Gasteiger partial charge in [-0.2, -0.15) is 26.3 Å². The summed E-state index contributed by atoms with van der Waals surface area (Å²) >= 11 is 6.26. The lowest BCUT2D eigenvalue weighted by Crippen LogP contribution is -2.54. The highest BCUT2D eigenvalue weighted by Crippen LogP contribution is 2.37. The number of anilines is 1. The third-order valence-electron chi connectivity index (χ3n) is 6.99. The van der Waals surface area contributed by atoms with Gasteiger partial charge in [0, 0.05) is 49.0 Å². The molecule has 1 amide bonds. The number of likely N-dealkylation sites (tertiary alicyclic amines) is 1. The number of carbonyl (C=O) groups is 1. The number of alkyl halides is 6. The Labute approximate surface area is 205 Å². The van der Waals surface area contributed by atoms with Crippen molar-refractivity contribution in [2.45, 2.75) is 69.6 Å². The summed E-state index contributed by atoms with van der Waals surface area (Å²) in [5, 5.41) is 0.644. The Hall–Kier alpha value is -1.88. The highest BCUT2D eigenvalue weighted by atomic mass is 35.5. The fourth-order valence-electron chi connectivity index (χ4n) is 4.59. The minimum absolute atomic E-state index is 0.0122. The average molecular weight is 530 g/mol. The second kappa shape index (κ2) is 10.6. The first-order valence-corrected chi connectivity index (χ1v) is 11.9. The highest BCUT2D eigenvalue weighted by molar-refractivity contribution is 6.30. The Balaban J connectivity index is 1.64. The van der Waals surface area contributed by atoms with Crippen molar-refractivity contribution in [3.8, 4) is 0 Å². The van der Waals surface area contributed by atoms with Crippen LogP contribution < -0.4 is 4.90 Å². The maximum absolute atomic E-state index is 12.7. The standard InChI is InChI=1S/C23H30ClF6N3O2/c1-21(8-12-33(13-9-21)20(34)35-19(22(25,26)27)23(28,29)30)31(2)15-16-6-7-17(24)14-18(16)32-10-4-3-5-11-32/h6-7,14,19H,3-5,8-13,15H2,1-2H3. The molecule has 2 fully saturated rings. The second-order valence-corrected chi connectivity index (χ2v) is 9.94. The van der Waals surface area contributed by atoms with E-state index in [1.54, 1.807) is 0 Å². The number of piperidine rings is 2. The van der Waals surface area contributed by atoms with E-state index in [0.717, 1.165) is 42.1 Å². The molecule has 0 aliphatic carbocycles. The minimum atomic E-state index is -5.73. The first-order chi connectivity index (χ1) is 16.2. The monoisotopic (exact) mass is 529 g/mol. The number of hydrogen-bond donors (Lipinski definition) is 0. The van der Waals surface area contributed by atoms with Crippen molar-refractivity contribution in [2.24, 2.45) is 0 Å². The number of halogens is 7. The van der Waals surface area contributed by atoms with Gasteiger partial charge in [0.05, 0.1) is 0 Å². The van der Waals surface area contributed by atoms with Gasteiger partial charge in [0.2, 0.25) is 0 Å². The molecular formula is C23H30ClF6N3O2. The molecule has 0 radical (unpaired) electrons. The lowest BCUT2D eigenvalue weighted by molar-refractivity contribution is -0.308. The van der Waals surface area contributed by atoms with E-state index in [1.165, 1.54) is 6.42 Å². The third kappa shape index (κ3) is 6.87. The highest BCUT2D eigenvalue weighted by Gasteiger charge is 2.60. The minimum Gasteiger partial charge on any atom is -0.426 e. The van der Waals surface area contributed by atoms with Crippen LogP contribution in [0.15, 0.2) is 18.2 Å². The van der Waals surface area contributed by atoms with Crippen LogP contribution >= 0.6 is 11.6 Å². The van der Waals surface area contributed by atoms with Crippen LogP contribution in [-0.2, 0) is 11.3 Å². The average Bonchev–Trinajstić information content (AvgIpc) is 2.78. The van der Waals surface area contributed by atoms with Crippen molar-refractivity contribution in [1.29, 1.82) is 0 Å². The summed E-state index contributed by atoms with van der Waals surface area (Å²) in [5.41, 5.74) is 1.74. The molecule has 2 aliphatic heterocycles. The van der Waals surface area contributed by atoms with Gasteiger partial charge >= 0.3 is 18.4 Å². The van der Waals surface area contributed by atoms with E-state index in [1.807, 2.05) is 32.2 Å².